The van der Waals surface area contributed by atoms with Crippen molar-refractivity contribution in [2.24, 2.45) is 5.16 Å². The summed E-state index contributed by atoms with van der Waals surface area (Å²) in [5.74, 6) is 0. The standard InChI is InChI=1S/C15H25NO/c1-13(2)7-5-8-14(3)9-6-10-15(4)11-12-16-17/h7,9,11-12,17H,5-6,8,10H2,1-4H3. The van der Waals surface area contributed by atoms with Crippen LogP contribution in [0.1, 0.15) is 53.4 Å². The normalized spacial score (nSPS) is 13.2. The Balaban J connectivity index is 3.88. The van der Waals surface area contributed by atoms with E-state index in [9.17, 15) is 0 Å². The summed E-state index contributed by atoms with van der Waals surface area (Å²) in [5.41, 5.74) is 4.07. The molecule has 2 nitrogen and oxygen atoms in total. The molecule has 0 aromatic carbocycles. The van der Waals surface area contributed by atoms with E-state index in [1.807, 2.05) is 13.0 Å². The van der Waals surface area contributed by atoms with Crippen LogP contribution in [0.25, 0.3) is 0 Å². The van der Waals surface area contributed by atoms with Gasteiger partial charge in [0.15, 0.2) is 0 Å². The highest BCUT2D eigenvalue weighted by Crippen LogP contribution is 2.10. The van der Waals surface area contributed by atoms with E-state index in [0.29, 0.717) is 0 Å². The van der Waals surface area contributed by atoms with Crippen molar-refractivity contribution in [3.8, 4) is 0 Å². The Morgan fingerprint density at radius 2 is 1.53 bits per heavy atom. The lowest BCUT2D eigenvalue weighted by Gasteiger charge is -2.00. The second kappa shape index (κ2) is 9.88. The fourth-order valence-electron chi connectivity index (χ4n) is 1.48. The minimum Gasteiger partial charge on any atom is -0.411 e. The summed E-state index contributed by atoms with van der Waals surface area (Å²) in [5, 5.41) is 11.2. The Hall–Kier alpha value is -1.31. The molecular formula is C15H25NO. The minimum absolute atomic E-state index is 1.02. The first-order valence-electron chi connectivity index (χ1n) is 6.18. The molecule has 0 saturated heterocycles. The smallest absolute Gasteiger partial charge is 0.0660 e. The van der Waals surface area contributed by atoms with Crippen molar-refractivity contribution in [1.82, 2.24) is 0 Å². The van der Waals surface area contributed by atoms with Crippen molar-refractivity contribution in [3.05, 3.63) is 34.9 Å². The summed E-state index contributed by atoms with van der Waals surface area (Å²) in [7, 11) is 0. The summed E-state index contributed by atoms with van der Waals surface area (Å²) in [6.07, 6.45) is 12.2. The monoisotopic (exact) mass is 235 g/mol. The fourth-order valence-corrected chi connectivity index (χ4v) is 1.48. The lowest BCUT2D eigenvalue weighted by Crippen LogP contribution is -1.81. The number of hydrogen-bond donors (Lipinski definition) is 1. The van der Waals surface area contributed by atoms with Crippen LogP contribution in [0, 0.1) is 0 Å². The van der Waals surface area contributed by atoms with Crippen LogP contribution in [0.2, 0.25) is 0 Å². The molecule has 0 fully saturated rings. The predicted octanol–water partition coefficient (Wildman–Crippen LogP) is 4.87. The van der Waals surface area contributed by atoms with E-state index in [2.05, 4.69) is 38.1 Å². The molecule has 0 heterocycles. The lowest BCUT2D eigenvalue weighted by atomic mass is 10.1. The molecule has 0 aliphatic carbocycles. The topological polar surface area (TPSA) is 32.6 Å². The summed E-state index contributed by atoms with van der Waals surface area (Å²) in [6.45, 7) is 8.51. The molecule has 0 aliphatic heterocycles. The third-order valence-corrected chi connectivity index (χ3v) is 2.55. The van der Waals surface area contributed by atoms with Gasteiger partial charge < -0.3 is 5.21 Å². The van der Waals surface area contributed by atoms with Gasteiger partial charge in [-0.15, -0.1) is 0 Å². The van der Waals surface area contributed by atoms with Crippen molar-refractivity contribution >= 4 is 6.21 Å². The highest BCUT2D eigenvalue weighted by Gasteiger charge is 1.91. The van der Waals surface area contributed by atoms with Crippen LogP contribution in [0.4, 0.5) is 0 Å². The quantitative estimate of drug-likeness (QED) is 0.290. The molecule has 0 spiro atoms. The maximum atomic E-state index is 8.28. The van der Waals surface area contributed by atoms with Crippen molar-refractivity contribution in [3.63, 3.8) is 0 Å². The molecule has 17 heavy (non-hydrogen) atoms. The van der Waals surface area contributed by atoms with E-state index in [0.717, 1.165) is 25.7 Å². The van der Waals surface area contributed by atoms with Gasteiger partial charge in [-0.25, -0.2) is 0 Å². The van der Waals surface area contributed by atoms with Gasteiger partial charge in [-0.1, -0.05) is 34.0 Å². The SMILES string of the molecule is CC(C)=CCCC(C)=CCCC(C)=CC=NO. The third-order valence-electron chi connectivity index (χ3n) is 2.55. The maximum absolute atomic E-state index is 8.28. The molecule has 0 rings (SSSR count). The van der Waals surface area contributed by atoms with E-state index in [1.54, 1.807) is 0 Å². The van der Waals surface area contributed by atoms with E-state index < -0.39 is 0 Å². The molecule has 0 aromatic rings. The first-order valence-corrected chi connectivity index (χ1v) is 6.18. The van der Waals surface area contributed by atoms with Gasteiger partial charge in [-0.2, -0.15) is 0 Å². The zero-order chi connectivity index (χ0) is 13.1. The maximum Gasteiger partial charge on any atom is 0.0660 e. The predicted molar refractivity (Wildman–Crippen MR) is 75.7 cm³/mol. The fraction of sp³-hybridized carbons (Fsp3) is 0.533. The Morgan fingerprint density at radius 3 is 2.12 bits per heavy atom. The molecule has 0 atom stereocenters. The molecule has 0 amide bonds. The summed E-state index contributed by atoms with van der Waals surface area (Å²) >= 11 is 0. The van der Waals surface area contributed by atoms with E-state index >= 15 is 0 Å². The summed E-state index contributed by atoms with van der Waals surface area (Å²) in [6, 6.07) is 0. The van der Waals surface area contributed by atoms with Crippen LogP contribution in [0.5, 0.6) is 0 Å². The van der Waals surface area contributed by atoms with Gasteiger partial charge in [0.25, 0.3) is 0 Å². The second-order valence-electron chi connectivity index (χ2n) is 4.69. The van der Waals surface area contributed by atoms with Gasteiger partial charge in [-0.05, 0) is 59.5 Å². The molecule has 0 radical (unpaired) electrons. The number of oxime groups is 1. The number of allylic oxidation sites excluding steroid dienone is 6. The second-order valence-corrected chi connectivity index (χ2v) is 4.69. The molecule has 0 saturated carbocycles. The highest BCUT2D eigenvalue weighted by atomic mass is 16.4. The Labute approximate surface area is 105 Å². The number of hydrogen-bond acceptors (Lipinski definition) is 2. The average Bonchev–Trinajstić information content (AvgIpc) is 2.25. The molecule has 0 aliphatic rings. The highest BCUT2D eigenvalue weighted by molar-refractivity contribution is 5.71. The zero-order valence-electron chi connectivity index (χ0n) is 11.5. The van der Waals surface area contributed by atoms with Crippen molar-refractivity contribution in [2.75, 3.05) is 0 Å². The van der Waals surface area contributed by atoms with Crippen LogP contribution in [-0.2, 0) is 0 Å². The van der Waals surface area contributed by atoms with Crippen LogP contribution >= 0.6 is 0 Å². The summed E-state index contributed by atoms with van der Waals surface area (Å²) < 4.78 is 0. The van der Waals surface area contributed by atoms with Crippen molar-refractivity contribution in [1.29, 1.82) is 0 Å². The average molecular weight is 235 g/mol. The van der Waals surface area contributed by atoms with Gasteiger partial charge in [0.1, 0.15) is 0 Å². The van der Waals surface area contributed by atoms with Gasteiger partial charge in [-0.3, -0.25) is 0 Å². The number of nitrogens with zero attached hydrogens (tertiary/aromatic N) is 1. The largest absolute Gasteiger partial charge is 0.411 e. The first-order chi connectivity index (χ1) is 8.06. The van der Waals surface area contributed by atoms with E-state index in [4.69, 9.17) is 5.21 Å². The Bertz CT molecular complexity index is 318. The minimum atomic E-state index is 1.02. The molecule has 1 N–H and O–H groups in total. The summed E-state index contributed by atoms with van der Waals surface area (Å²) in [4.78, 5) is 0. The van der Waals surface area contributed by atoms with Gasteiger partial charge in [0.05, 0.1) is 6.21 Å². The van der Waals surface area contributed by atoms with Gasteiger partial charge >= 0.3 is 0 Å². The molecule has 0 aromatic heterocycles. The first kappa shape index (κ1) is 15.7. The van der Waals surface area contributed by atoms with Crippen LogP contribution in [-0.4, -0.2) is 11.4 Å². The van der Waals surface area contributed by atoms with Crippen molar-refractivity contribution < 1.29 is 5.21 Å². The molecule has 2 heteroatoms. The third kappa shape index (κ3) is 11.0. The number of rotatable bonds is 7. The van der Waals surface area contributed by atoms with E-state index in [-0.39, 0.29) is 0 Å². The Kier molecular flexibility index (Phi) is 9.12. The van der Waals surface area contributed by atoms with Gasteiger partial charge in [0.2, 0.25) is 0 Å². The molecule has 0 bridgehead atoms. The Morgan fingerprint density at radius 1 is 0.941 bits per heavy atom. The van der Waals surface area contributed by atoms with E-state index in [1.165, 1.54) is 22.9 Å². The molecular weight excluding hydrogens is 210 g/mol. The van der Waals surface area contributed by atoms with Crippen LogP contribution < -0.4 is 0 Å². The van der Waals surface area contributed by atoms with Gasteiger partial charge in [0, 0.05) is 0 Å². The van der Waals surface area contributed by atoms with Crippen LogP contribution in [0.15, 0.2) is 40.1 Å². The molecule has 96 valence electrons. The molecule has 0 unspecified atom stereocenters. The lowest BCUT2D eigenvalue weighted by molar-refractivity contribution is 0.322. The van der Waals surface area contributed by atoms with Crippen LogP contribution in [0.3, 0.4) is 0 Å². The zero-order valence-corrected chi connectivity index (χ0v) is 11.5. The van der Waals surface area contributed by atoms with Crippen molar-refractivity contribution in [2.45, 2.75) is 53.4 Å².